The summed E-state index contributed by atoms with van der Waals surface area (Å²) in [5.41, 5.74) is 0. The van der Waals surface area contributed by atoms with Crippen LogP contribution in [0.5, 0.6) is 0 Å². The summed E-state index contributed by atoms with van der Waals surface area (Å²) in [5, 5.41) is 0. The van der Waals surface area contributed by atoms with E-state index in [9.17, 15) is 8.42 Å². The smallest absolute Gasteiger partial charge is 0.208 e. The molecule has 0 unspecified atom stereocenters. The molecule has 0 aliphatic carbocycles. The van der Waals surface area contributed by atoms with Crippen LogP contribution >= 0.6 is 22.9 Å². The van der Waals surface area contributed by atoms with E-state index in [2.05, 4.69) is 4.72 Å². The maximum Gasteiger partial charge on any atom is 0.208 e. The van der Waals surface area contributed by atoms with Gasteiger partial charge in [0.05, 0.1) is 10.6 Å². The zero-order valence-corrected chi connectivity index (χ0v) is 9.47. The fourth-order valence-corrected chi connectivity index (χ4v) is 2.41. The van der Waals surface area contributed by atoms with Crippen LogP contribution in [0.1, 0.15) is 4.88 Å². The standard InChI is InChI=1S/C7H10ClNO2S2/c1-13(10,11)9-5-4-6-2-3-7(8)12-6/h2-3,9H,4-5H2,1H3. The molecule has 0 saturated heterocycles. The third kappa shape index (κ3) is 4.61. The lowest BCUT2D eigenvalue weighted by atomic mass is 10.3. The summed E-state index contributed by atoms with van der Waals surface area (Å²) < 4.78 is 24.5. The van der Waals surface area contributed by atoms with Gasteiger partial charge in [-0.2, -0.15) is 0 Å². The molecule has 1 aromatic rings. The lowest BCUT2D eigenvalue weighted by Gasteiger charge is -1.99. The molecule has 0 aliphatic heterocycles. The first kappa shape index (κ1) is 11.0. The van der Waals surface area contributed by atoms with Crippen molar-refractivity contribution >= 4 is 33.0 Å². The van der Waals surface area contributed by atoms with E-state index in [1.165, 1.54) is 11.3 Å². The predicted octanol–water partition coefficient (Wildman–Crippen LogP) is 1.49. The van der Waals surface area contributed by atoms with E-state index in [1.54, 1.807) is 0 Å². The molecule has 0 amide bonds. The van der Waals surface area contributed by atoms with E-state index in [1.807, 2.05) is 12.1 Å². The first-order chi connectivity index (χ1) is 5.97. The largest absolute Gasteiger partial charge is 0.215 e. The Bertz CT molecular complexity index is 372. The molecule has 3 nitrogen and oxygen atoms in total. The minimum absolute atomic E-state index is 0.426. The molecule has 0 fully saturated rings. The van der Waals surface area contributed by atoms with Crippen LogP contribution in [0.2, 0.25) is 4.34 Å². The molecule has 0 aromatic carbocycles. The van der Waals surface area contributed by atoms with Crippen molar-refractivity contribution in [1.29, 1.82) is 0 Å². The van der Waals surface area contributed by atoms with Crippen LogP contribution < -0.4 is 4.72 Å². The zero-order chi connectivity index (χ0) is 9.90. The maximum atomic E-state index is 10.7. The highest BCUT2D eigenvalue weighted by atomic mass is 35.5. The Morgan fingerprint density at radius 3 is 2.69 bits per heavy atom. The molecule has 0 bridgehead atoms. The van der Waals surface area contributed by atoms with Crippen molar-refractivity contribution in [3.05, 3.63) is 21.3 Å². The third-order valence-electron chi connectivity index (χ3n) is 1.36. The van der Waals surface area contributed by atoms with Gasteiger partial charge in [0.2, 0.25) is 10.0 Å². The van der Waals surface area contributed by atoms with Crippen LogP contribution in [0.3, 0.4) is 0 Å². The third-order valence-corrected chi connectivity index (χ3v) is 3.38. The van der Waals surface area contributed by atoms with E-state index in [-0.39, 0.29) is 0 Å². The highest BCUT2D eigenvalue weighted by Gasteiger charge is 2.01. The number of nitrogens with one attached hydrogen (secondary N) is 1. The summed E-state index contributed by atoms with van der Waals surface area (Å²) in [4.78, 5) is 1.08. The summed E-state index contributed by atoms with van der Waals surface area (Å²) in [6, 6.07) is 3.71. The fourth-order valence-electron chi connectivity index (χ4n) is 0.846. The van der Waals surface area contributed by atoms with E-state index in [4.69, 9.17) is 11.6 Å². The van der Waals surface area contributed by atoms with Gasteiger partial charge in [-0.3, -0.25) is 0 Å². The van der Waals surface area contributed by atoms with Crippen LogP contribution in [0.15, 0.2) is 12.1 Å². The van der Waals surface area contributed by atoms with Gasteiger partial charge in [-0.15, -0.1) is 11.3 Å². The Balaban J connectivity index is 2.36. The quantitative estimate of drug-likeness (QED) is 0.866. The van der Waals surface area contributed by atoms with E-state index in [0.717, 1.165) is 15.5 Å². The molecule has 0 radical (unpaired) electrons. The topological polar surface area (TPSA) is 46.2 Å². The SMILES string of the molecule is CS(=O)(=O)NCCc1ccc(Cl)s1. The molecular weight excluding hydrogens is 230 g/mol. The summed E-state index contributed by atoms with van der Waals surface area (Å²) in [5.74, 6) is 0. The Hall–Kier alpha value is -0.100. The molecule has 1 aromatic heterocycles. The molecule has 1 N–H and O–H groups in total. The summed E-state index contributed by atoms with van der Waals surface area (Å²) in [6.07, 6.45) is 1.83. The fraction of sp³-hybridized carbons (Fsp3) is 0.429. The van der Waals surface area contributed by atoms with Crippen LogP contribution in [0.4, 0.5) is 0 Å². The molecule has 1 rings (SSSR count). The van der Waals surface area contributed by atoms with Gasteiger partial charge in [-0.05, 0) is 18.6 Å². The number of halogens is 1. The molecule has 0 aliphatic rings. The minimum atomic E-state index is -3.07. The second kappa shape index (κ2) is 4.41. The Kier molecular flexibility index (Phi) is 3.73. The van der Waals surface area contributed by atoms with Gasteiger partial charge in [0, 0.05) is 11.4 Å². The monoisotopic (exact) mass is 239 g/mol. The van der Waals surface area contributed by atoms with Gasteiger partial charge in [-0.1, -0.05) is 11.6 Å². The maximum absolute atomic E-state index is 10.7. The normalized spacial score (nSPS) is 11.8. The van der Waals surface area contributed by atoms with Crippen molar-refractivity contribution in [2.45, 2.75) is 6.42 Å². The summed E-state index contributed by atoms with van der Waals surface area (Å²) in [7, 11) is -3.07. The van der Waals surface area contributed by atoms with Crippen molar-refractivity contribution in [2.24, 2.45) is 0 Å². The Labute approximate surface area is 86.8 Å². The minimum Gasteiger partial charge on any atom is -0.215 e. The Morgan fingerprint density at radius 1 is 1.54 bits per heavy atom. The molecule has 0 spiro atoms. The number of rotatable bonds is 4. The molecule has 74 valence electrons. The second-order valence-corrected chi connectivity index (χ2v) is 6.25. The van der Waals surface area contributed by atoms with Crippen molar-refractivity contribution in [3.63, 3.8) is 0 Å². The van der Waals surface area contributed by atoms with Crippen molar-refractivity contribution in [2.75, 3.05) is 12.8 Å². The number of thiophene rings is 1. The highest BCUT2D eigenvalue weighted by molar-refractivity contribution is 7.88. The number of sulfonamides is 1. The van der Waals surface area contributed by atoms with Gasteiger partial charge in [0.15, 0.2) is 0 Å². The average Bonchev–Trinajstić information content (AvgIpc) is 2.33. The van der Waals surface area contributed by atoms with Gasteiger partial charge >= 0.3 is 0 Å². The van der Waals surface area contributed by atoms with Gasteiger partial charge < -0.3 is 0 Å². The van der Waals surface area contributed by atoms with Crippen LogP contribution in [-0.4, -0.2) is 21.2 Å². The van der Waals surface area contributed by atoms with Crippen LogP contribution in [0.25, 0.3) is 0 Å². The first-order valence-corrected chi connectivity index (χ1v) is 6.75. The first-order valence-electron chi connectivity index (χ1n) is 3.66. The average molecular weight is 240 g/mol. The molecule has 1 heterocycles. The molecular formula is C7H10ClNO2S2. The zero-order valence-electron chi connectivity index (χ0n) is 7.08. The summed E-state index contributed by atoms with van der Waals surface area (Å²) in [6.45, 7) is 0.426. The summed E-state index contributed by atoms with van der Waals surface area (Å²) >= 11 is 7.18. The second-order valence-electron chi connectivity index (χ2n) is 2.62. The lowest BCUT2D eigenvalue weighted by molar-refractivity contribution is 0.588. The van der Waals surface area contributed by atoms with Crippen molar-refractivity contribution in [3.8, 4) is 0 Å². The van der Waals surface area contributed by atoms with Gasteiger partial charge in [0.1, 0.15) is 0 Å². The lowest BCUT2D eigenvalue weighted by Crippen LogP contribution is -2.23. The van der Waals surface area contributed by atoms with E-state index < -0.39 is 10.0 Å². The Morgan fingerprint density at radius 2 is 2.23 bits per heavy atom. The van der Waals surface area contributed by atoms with Crippen molar-refractivity contribution in [1.82, 2.24) is 4.72 Å². The molecule has 0 atom stereocenters. The van der Waals surface area contributed by atoms with Crippen LogP contribution in [-0.2, 0) is 16.4 Å². The van der Waals surface area contributed by atoms with Crippen molar-refractivity contribution < 1.29 is 8.42 Å². The van der Waals surface area contributed by atoms with E-state index in [0.29, 0.717) is 13.0 Å². The highest BCUT2D eigenvalue weighted by Crippen LogP contribution is 2.21. The van der Waals surface area contributed by atoms with E-state index >= 15 is 0 Å². The molecule has 6 heteroatoms. The van der Waals surface area contributed by atoms with Crippen LogP contribution in [0, 0.1) is 0 Å². The molecule has 13 heavy (non-hydrogen) atoms. The number of hydrogen-bond donors (Lipinski definition) is 1. The molecule has 0 saturated carbocycles. The predicted molar refractivity (Wildman–Crippen MR) is 55.9 cm³/mol. The number of hydrogen-bond acceptors (Lipinski definition) is 3. The van der Waals surface area contributed by atoms with Gasteiger partial charge in [-0.25, -0.2) is 13.1 Å². The van der Waals surface area contributed by atoms with Gasteiger partial charge in [0.25, 0.3) is 0 Å².